The molecule has 0 amide bonds. The second-order valence-electron chi connectivity index (χ2n) is 8.85. The summed E-state index contributed by atoms with van der Waals surface area (Å²) in [6.07, 6.45) is 16.5. The van der Waals surface area contributed by atoms with Gasteiger partial charge in [0.25, 0.3) is 0 Å². The molecule has 1 aromatic rings. The maximum Gasteiger partial charge on any atom is 1.00 e. The summed E-state index contributed by atoms with van der Waals surface area (Å²) in [5, 5.41) is 33.1. The number of ether oxygens (including phenoxy) is 1. The minimum atomic E-state index is -4.49. The first kappa shape index (κ1) is 42.7. The number of hydrogen-bond acceptors (Lipinski definition) is 10. The Morgan fingerprint density at radius 1 is 0.846 bits per heavy atom. The Balaban J connectivity index is -0.000000596. The number of unbranched alkanes of at least 4 members (excludes halogenated alkanes) is 13. The second-order valence-corrected chi connectivity index (χ2v) is 9.91. The van der Waals surface area contributed by atoms with E-state index in [0.717, 1.165) is 12.8 Å². The van der Waals surface area contributed by atoms with Crippen LogP contribution in [0, 0.1) is 0 Å². The molecule has 0 saturated carbocycles. The molecule has 4 N–H and O–H groups in total. The fourth-order valence-corrected chi connectivity index (χ4v) is 3.59. The molecule has 1 rings (SSSR count). The van der Waals surface area contributed by atoms with Crippen LogP contribution in [-0.2, 0) is 19.3 Å². The zero-order valence-electron chi connectivity index (χ0n) is 24.1. The molecule has 0 fully saturated rings. The van der Waals surface area contributed by atoms with Gasteiger partial charge < -0.3 is 29.7 Å². The number of aliphatic hydroxyl groups excluding tert-OH is 3. The van der Waals surface area contributed by atoms with Gasteiger partial charge >= 0.3 is 35.5 Å². The average molecular weight is 589 g/mol. The third-order valence-corrected chi connectivity index (χ3v) is 5.91. The molecular weight excluding hydrogens is 539 g/mol. The first-order chi connectivity index (χ1) is 18.1. The quantitative estimate of drug-likeness (QED) is 0.0609. The van der Waals surface area contributed by atoms with Crippen molar-refractivity contribution in [1.29, 1.82) is 0 Å². The first-order valence-corrected chi connectivity index (χ1v) is 14.8. The summed E-state index contributed by atoms with van der Waals surface area (Å²) in [6.45, 7) is 1.55. The Bertz CT molecular complexity index is 774. The molecule has 0 radical (unpaired) electrons. The zero-order valence-corrected chi connectivity index (χ0v) is 26.9. The van der Waals surface area contributed by atoms with Crippen molar-refractivity contribution < 1.29 is 76.7 Å². The summed E-state index contributed by atoms with van der Waals surface area (Å²) in [5.74, 6) is -0.581. The smallest absolute Gasteiger partial charge is 0.726 e. The topological polar surface area (TPSA) is 174 Å². The molecule has 0 spiro atoms. The zero-order chi connectivity index (χ0) is 29.1. The van der Waals surface area contributed by atoms with E-state index in [2.05, 4.69) is 15.8 Å². The molecule has 0 aliphatic heterocycles. The minimum Gasteiger partial charge on any atom is -0.726 e. The Labute approximate surface area is 257 Å². The molecule has 0 unspecified atom stereocenters. The molecule has 12 heteroatoms. The van der Waals surface area contributed by atoms with Gasteiger partial charge in [0.1, 0.15) is 17.4 Å². The standard InChI is InChI=1S/C16H34O4S.C8H8O3.C3H8O3.Na/c1-2-3-4-5-6-7-8-9-10-11-12-13-14-15-16-20-21(17,18)19;1-11-8(10)6-4-2-3-5-7(6)9;4-1-3(6)2-5;/h2-16H2,1H3,(H,17,18,19);2-5,9H,1H3;3-6H,1-2H2;/q;;;+1/p-1. The molecule has 0 atom stereocenters. The van der Waals surface area contributed by atoms with Crippen molar-refractivity contribution in [2.24, 2.45) is 0 Å². The van der Waals surface area contributed by atoms with Crippen LogP contribution in [0.3, 0.4) is 0 Å². The summed E-state index contributed by atoms with van der Waals surface area (Å²) in [4.78, 5) is 10.9. The number of rotatable bonds is 19. The van der Waals surface area contributed by atoms with Crippen LogP contribution in [0.1, 0.15) is 107 Å². The molecule has 39 heavy (non-hydrogen) atoms. The van der Waals surface area contributed by atoms with Gasteiger partial charge in [0, 0.05) is 0 Å². The van der Waals surface area contributed by atoms with Gasteiger partial charge in [-0.15, -0.1) is 0 Å². The maximum atomic E-state index is 10.9. The number of esters is 1. The van der Waals surface area contributed by atoms with Crippen LogP contribution in [0.2, 0.25) is 0 Å². The summed E-state index contributed by atoms with van der Waals surface area (Å²) in [7, 11) is -3.22. The van der Waals surface area contributed by atoms with Gasteiger partial charge in [-0.2, -0.15) is 0 Å². The number of benzene rings is 1. The summed E-state index contributed by atoms with van der Waals surface area (Å²) in [5.41, 5.74) is 0.190. The van der Waals surface area contributed by atoms with Crippen molar-refractivity contribution in [3.05, 3.63) is 29.8 Å². The molecule has 0 aromatic heterocycles. The van der Waals surface area contributed by atoms with E-state index in [1.54, 1.807) is 12.1 Å². The molecule has 0 saturated heterocycles. The molecule has 224 valence electrons. The number of aliphatic hydroxyl groups is 3. The minimum absolute atomic E-state index is 0. The van der Waals surface area contributed by atoms with E-state index in [-0.39, 0.29) is 60.7 Å². The van der Waals surface area contributed by atoms with E-state index in [4.69, 9.17) is 20.4 Å². The average Bonchev–Trinajstić information content (AvgIpc) is 2.90. The number of phenolic OH excluding ortho intramolecular Hbond substituents is 1. The summed E-state index contributed by atoms with van der Waals surface area (Å²) in [6, 6.07) is 6.24. The van der Waals surface area contributed by atoms with E-state index in [0.29, 0.717) is 6.42 Å². The molecule has 0 aliphatic carbocycles. The van der Waals surface area contributed by atoms with Crippen LogP contribution in [-0.4, -0.2) is 72.4 Å². The normalized spacial score (nSPS) is 10.5. The molecule has 1 aromatic carbocycles. The molecule has 0 bridgehead atoms. The van der Waals surface area contributed by atoms with Crippen LogP contribution in [0.4, 0.5) is 0 Å². The molecular formula is C27H49NaO10S. The SMILES string of the molecule is CCCCCCCCCCCCCCCCOS(=O)(=O)[O-].COC(=O)c1ccccc1O.OCC(O)CO.[Na+]. The van der Waals surface area contributed by atoms with E-state index < -0.39 is 22.5 Å². The van der Waals surface area contributed by atoms with Crippen molar-refractivity contribution in [2.45, 2.75) is 103 Å². The van der Waals surface area contributed by atoms with Crippen LogP contribution in [0.5, 0.6) is 5.75 Å². The predicted octanol–water partition coefficient (Wildman–Crippen LogP) is 1.46. The third-order valence-electron chi connectivity index (χ3n) is 5.46. The summed E-state index contributed by atoms with van der Waals surface area (Å²) >= 11 is 0. The van der Waals surface area contributed by atoms with E-state index in [1.165, 1.54) is 89.9 Å². The van der Waals surface area contributed by atoms with Crippen molar-refractivity contribution in [3.8, 4) is 5.75 Å². The van der Waals surface area contributed by atoms with E-state index in [9.17, 15) is 17.8 Å². The second kappa shape index (κ2) is 30.2. The van der Waals surface area contributed by atoms with Crippen LogP contribution in [0.15, 0.2) is 24.3 Å². The molecule has 10 nitrogen and oxygen atoms in total. The van der Waals surface area contributed by atoms with E-state index >= 15 is 0 Å². The van der Waals surface area contributed by atoms with Crippen molar-refractivity contribution in [3.63, 3.8) is 0 Å². The summed E-state index contributed by atoms with van der Waals surface area (Å²) < 4.78 is 39.1. The van der Waals surface area contributed by atoms with Crippen LogP contribution in [0.25, 0.3) is 0 Å². The molecule has 0 aliphatic rings. The number of carbonyl (C=O) groups is 1. The Morgan fingerprint density at radius 2 is 1.26 bits per heavy atom. The predicted molar refractivity (Wildman–Crippen MR) is 146 cm³/mol. The fraction of sp³-hybridized carbons (Fsp3) is 0.741. The van der Waals surface area contributed by atoms with Crippen LogP contribution >= 0.6 is 0 Å². The van der Waals surface area contributed by atoms with Gasteiger partial charge in [-0.1, -0.05) is 103 Å². The maximum absolute atomic E-state index is 10.9. The number of methoxy groups -OCH3 is 1. The fourth-order valence-electron chi connectivity index (χ4n) is 3.27. The van der Waals surface area contributed by atoms with Crippen LogP contribution < -0.4 is 29.6 Å². The van der Waals surface area contributed by atoms with Crippen molar-refractivity contribution in [1.82, 2.24) is 0 Å². The number of phenols is 1. The Kier molecular flexibility index (Phi) is 33.1. The number of carbonyl (C=O) groups excluding carboxylic acids is 1. The van der Waals surface area contributed by atoms with Gasteiger partial charge in [-0.05, 0) is 18.6 Å². The number of aromatic hydroxyl groups is 1. The Morgan fingerprint density at radius 3 is 1.59 bits per heavy atom. The van der Waals surface area contributed by atoms with E-state index in [1.807, 2.05) is 0 Å². The largest absolute Gasteiger partial charge is 1.00 e. The van der Waals surface area contributed by atoms with Gasteiger partial charge in [0.2, 0.25) is 10.4 Å². The number of para-hydroxylation sites is 1. The third kappa shape index (κ3) is 31.6. The monoisotopic (exact) mass is 588 g/mol. The first-order valence-electron chi connectivity index (χ1n) is 13.5. The van der Waals surface area contributed by atoms with Gasteiger partial charge in [-0.3, -0.25) is 4.18 Å². The van der Waals surface area contributed by atoms with Gasteiger partial charge in [-0.25, -0.2) is 13.2 Å². The van der Waals surface area contributed by atoms with Gasteiger partial charge in [0.15, 0.2) is 0 Å². The van der Waals surface area contributed by atoms with Gasteiger partial charge in [0.05, 0.1) is 26.9 Å². The Hall–Kier alpha value is -0.760. The van der Waals surface area contributed by atoms with Crippen molar-refractivity contribution in [2.75, 3.05) is 26.9 Å². The number of hydrogen-bond donors (Lipinski definition) is 4. The van der Waals surface area contributed by atoms with Crippen molar-refractivity contribution >= 4 is 16.4 Å². The molecule has 0 heterocycles.